The van der Waals surface area contributed by atoms with Gasteiger partial charge in [0.15, 0.2) is 12.4 Å². The topological polar surface area (TPSA) is 33.3 Å². The predicted octanol–water partition coefficient (Wildman–Crippen LogP) is 1.80. The van der Waals surface area contributed by atoms with Crippen LogP contribution in [0.2, 0.25) is 0 Å². The van der Waals surface area contributed by atoms with Crippen LogP contribution in [0, 0.1) is 0 Å². The van der Waals surface area contributed by atoms with Crippen LogP contribution in [-0.2, 0) is 13.5 Å². The molecule has 0 saturated heterocycles. The molecule has 0 spiro atoms. The van der Waals surface area contributed by atoms with Gasteiger partial charge in [-0.2, -0.15) is 0 Å². The Hall–Kier alpha value is -1.87. The van der Waals surface area contributed by atoms with Crippen LogP contribution in [0.4, 0.5) is 0 Å². The Balaban J connectivity index is 2.16. The van der Waals surface area contributed by atoms with Gasteiger partial charge >= 0.3 is 0 Å². The van der Waals surface area contributed by atoms with Crippen LogP contribution in [0.3, 0.4) is 0 Å². The third-order valence-electron chi connectivity index (χ3n) is 2.97. The highest BCUT2D eigenvalue weighted by Gasteiger charge is 2.13. The number of benzene rings is 1. The molecule has 0 aliphatic carbocycles. The van der Waals surface area contributed by atoms with Gasteiger partial charge in [0.1, 0.15) is 12.8 Å². The van der Waals surface area contributed by atoms with Crippen molar-refractivity contribution in [3.63, 3.8) is 0 Å². The zero-order chi connectivity index (χ0) is 13.0. The molecule has 0 aliphatic rings. The summed E-state index contributed by atoms with van der Waals surface area (Å²) in [5.74, 6) is 0.728. The molecule has 0 aliphatic heterocycles. The van der Waals surface area contributed by atoms with E-state index >= 15 is 0 Å². The molecule has 0 bridgehead atoms. The molecular weight excluding hydrogens is 226 g/mol. The zero-order valence-corrected chi connectivity index (χ0v) is 10.7. The molecule has 1 aromatic carbocycles. The van der Waals surface area contributed by atoms with E-state index in [1.165, 1.54) is 0 Å². The summed E-state index contributed by atoms with van der Waals surface area (Å²) in [5, 5.41) is 10.3. The lowest BCUT2D eigenvalue weighted by atomic mass is 10.0. The molecule has 1 heterocycles. The lowest BCUT2D eigenvalue weighted by molar-refractivity contribution is -0.671. The summed E-state index contributed by atoms with van der Waals surface area (Å²) in [6.45, 7) is 0. The Labute approximate surface area is 107 Å². The summed E-state index contributed by atoms with van der Waals surface area (Å²) >= 11 is 0. The Bertz CT molecular complexity index is 508. The minimum Gasteiger partial charge on any atom is -0.496 e. The Morgan fingerprint density at radius 3 is 2.50 bits per heavy atom. The molecule has 1 atom stereocenters. The number of aryl methyl sites for hydroxylation is 1. The molecule has 3 nitrogen and oxygen atoms in total. The number of pyridine rings is 1. The molecule has 0 radical (unpaired) electrons. The first-order valence-electron chi connectivity index (χ1n) is 5.96. The molecule has 1 N–H and O–H groups in total. The molecule has 2 aromatic rings. The monoisotopic (exact) mass is 244 g/mol. The second-order valence-electron chi connectivity index (χ2n) is 4.33. The fraction of sp³-hybridized carbons (Fsp3) is 0.267. The molecule has 94 valence electrons. The highest BCUT2D eigenvalue weighted by Crippen LogP contribution is 2.26. The van der Waals surface area contributed by atoms with Gasteiger partial charge in [0.05, 0.1) is 13.2 Å². The molecule has 2 rings (SSSR count). The van der Waals surface area contributed by atoms with Crippen molar-refractivity contribution in [2.75, 3.05) is 7.11 Å². The van der Waals surface area contributed by atoms with Crippen LogP contribution in [0.15, 0.2) is 48.8 Å². The van der Waals surface area contributed by atoms with Crippen molar-refractivity contribution >= 4 is 0 Å². The molecule has 3 heteroatoms. The third-order valence-corrected chi connectivity index (χ3v) is 2.97. The number of hydrogen-bond acceptors (Lipinski definition) is 2. The van der Waals surface area contributed by atoms with Crippen molar-refractivity contribution in [3.8, 4) is 5.75 Å². The van der Waals surface area contributed by atoms with Crippen molar-refractivity contribution in [2.24, 2.45) is 7.05 Å². The molecule has 1 aromatic heterocycles. The Morgan fingerprint density at radius 1 is 1.17 bits per heavy atom. The number of aliphatic hydroxyl groups excluding tert-OH is 1. The fourth-order valence-electron chi connectivity index (χ4n) is 1.94. The molecule has 0 saturated carbocycles. The maximum Gasteiger partial charge on any atom is 0.168 e. The summed E-state index contributed by atoms with van der Waals surface area (Å²) < 4.78 is 7.23. The number of rotatable bonds is 4. The van der Waals surface area contributed by atoms with Gasteiger partial charge in [0, 0.05) is 24.1 Å². The maximum absolute atomic E-state index is 10.3. The van der Waals surface area contributed by atoms with Crippen LogP contribution in [0.25, 0.3) is 0 Å². The van der Waals surface area contributed by atoms with E-state index < -0.39 is 6.10 Å². The molecular formula is C15H18NO2+. The summed E-state index contributed by atoms with van der Waals surface area (Å²) in [6.07, 6.45) is 3.99. The summed E-state index contributed by atoms with van der Waals surface area (Å²) in [4.78, 5) is 0. The number of aliphatic hydroxyl groups is 1. The first-order chi connectivity index (χ1) is 8.70. The number of methoxy groups -OCH3 is 1. The van der Waals surface area contributed by atoms with E-state index in [2.05, 4.69) is 0 Å². The largest absolute Gasteiger partial charge is 0.496 e. The van der Waals surface area contributed by atoms with E-state index in [0.29, 0.717) is 6.42 Å². The van der Waals surface area contributed by atoms with Gasteiger partial charge in [-0.25, -0.2) is 4.57 Å². The molecule has 0 fully saturated rings. The van der Waals surface area contributed by atoms with Crippen LogP contribution >= 0.6 is 0 Å². The van der Waals surface area contributed by atoms with Crippen LogP contribution in [-0.4, -0.2) is 12.2 Å². The van der Waals surface area contributed by atoms with Crippen molar-refractivity contribution < 1.29 is 14.4 Å². The maximum atomic E-state index is 10.3. The van der Waals surface area contributed by atoms with Gasteiger partial charge in [-0.05, 0) is 11.6 Å². The average Bonchev–Trinajstić information content (AvgIpc) is 2.41. The predicted molar refractivity (Wildman–Crippen MR) is 69.3 cm³/mol. The Morgan fingerprint density at radius 2 is 1.83 bits per heavy atom. The summed E-state index contributed by atoms with van der Waals surface area (Å²) in [6, 6.07) is 11.6. The standard InChI is InChI=1S/C15H18NO2/c1-16-9-7-12(8-10-16)11-14(17)13-5-3-4-6-15(13)18-2/h3-10,14,17H,11H2,1-2H3/q+1/t14-/m1/s1. The van der Waals surface area contributed by atoms with Crippen molar-refractivity contribution in [1.82, 2.24) is 0 Å². The number of ether oxygens (including phenoxy) is 1. The van der Waals surface area contributed by atoms with Gasteiger partial charge in [0.25, 0.3) is 0 Å². The van der Waals surface area contributed by atoms with Gasteiger partial charge in [-0.15, -0.1) is 0 Å². The highest BCUT2D eigenvalue weighted by atomic mass is 16.5. The van der Waals surface area contributed by atoms with E-state index in [4.69, 9.17) is 4.74 Å². The molecule has 18 heavy (non-hydrogen) atoms. The highest BCUT2D eigenvalue weighted by molar-refractivity contribution is 5.35. The van der Waals surface area contributed by atoms with Crippen molar-refractivity contribution in [2.45, 2.75) is 12.5 Å². The van der Waals surface area contributed by atoms with Crippen LogP contribution < -0.4 is 9.30 Å². The minimum absolute atomic E-state index is 0.547. The average molecular weight is 244 g/mol. The quantitative estimate of drug-likeness (QED) is 0.832. The van der Waals surface area contributed by atoms with E-state index in [1.54, 1.807) is 7.11 Å². The van der Waals surface area contributed by atoms with Gasteiger partial charge in [0.2, 0.25) is 0 Å². The number of hydrogen-bond donors (Lipinski definition) is 1. The summed E-state index contributed by atoms with van der Waals surface area (Å²) in [5.41, 5.74) is 1.93. The van der Waals surface area contributed by atoms with E-state index in [-0.39, 0.29) is 0 Å². The second-order valence-corrected chi connectivity index (χ2v) is 4.33. The molecule has 0 amide bonds. The van der Waals surface area contributed by atoms with Gasteiger partial charge < -0.3 is 9.84 Å². The van der Waals surface area contributed by atoms with Crippen LogP contribution in [0.5, 0.6) is 5.75 Å². The first kappa shape index (κ1) is 12.6. The third kappa shape index (κ3) is 2.87. The number of nitrogens with zero attached hydrogens (tertiary/aromatic N) is 1. The van der Waals surface area contributed by atoms with Crippen molar-refractivity contribution in [3.05, 3.63) is 59.9 Å². The van der Waals surface area contributed by atoms with E-state index in [1.807, 2.05) is 60.4 Å². The van der Waals surface area contributed by atoms with Crippen molar-refractivity contribution in [1.29, 1.82) is 0 Å². The lowest BCUT2D eigenvalue weighted by Gasteiger charge is -2.14. The smallest absolute Gasteiger partial charge is 0.168 e. The fourth-order valence-corrected chi connectivity index (χ4v) is 1.94. The number of aromatic nitrogens is 1. The van der Waals surface area contributed by atoms with E-state index in [9.17, 15) is 5.11 Å². The SMILES string of the molecule is COc1ccccc1[C@H](O)Cc1cc[n+](C)cc1. The zero-order valence-electron chi connectivity index (χ0n) is 10.7. The van der Waals surface area contributed by atoms with Gasteiger partial charge in [-0.1, -0.05) is 18.2 Å². The number of para-hydroxylation sites is 1. The lowest BCUT2D eigenvalue weighted by Crippen LogP contribution is -2.26. The van der Waals surface area contributed by atoms with Gasteiger partial charge in [-0.3, -0.25) is 0 Å². The Kier molecular flexibility index (Phi) is 3.95. The normalized spacial score (nSPS) is 12.2. The van der Waals surface area contributed by atoms with Crippen LogP contribution in [0.1, 0.15) is 17.2 Å². The minimum atomic E-state index is -0.547. The second kappa shape index (κ2) is 5.65. The first-order valence-corrected chi connectivity index (χ1v) is 5.96. The van der Waals surface area contributed by atoms with E-state index in [0.717, 1.165) is 16.9 Å². The molecule has 0 unspecified atom stereocenters. The summed E-state index contributed by atoms with van der Waals surface area (Å²) in [7, 11) is 3.59.